The van der Waals surface area contributed by atoms with Crippen molar-refractivity contribution in [3.05, 3.63) is 36.3 Å². The first-order valence-corrected chi connectivity index (χ1v) is 8.66. The lowest BCUT2D eigenvalue weighted by Crippen LogP contribution is -2.36. The van der Waals surface area contributed by atoms with E-state index in [1.807, 2.05) is 6.07 Å². The van der Waals surface area contributed by atoms with Crippen LogP contribution in [0.4, 0.5) is 5.82 Å². The molecule has 2 N–H and O–H groups in total. The molecule has 0 aliphatic heterocycles. The maximum Gasteiger partial charge on any atom is 0.251 e. The fourth-order valence-electron chi connectivity index (χ4n) is 3.32. The Morgan fingerprint density at radius 1 is 1.28 bits per heavy atom. The molecule has 130 valence electrons. The van der Waals surface area contributed by atoms with Crippen molar-refractivity contribution in [1.82, 2.24) is 19.9 Å². The van der Waals surface area contributed by atoms with Gasteiger partial charge in [-0.05, 0) is 31.0 Å². The topological polar surface area (TPSA) is 84.5 Å². The molecule has 3 heterocycles. The molecule has 0 unspecified atom stereocenters. The monoisotopic (exact) mass is 339 g/mol. The second-order valence-electron chi connectivity index (χ2n) is 6.41. The maximum absolute atomic E-state index is 12.6. The van der Waals surface area contributed by atoms with Gasteiger partial charge in [0.25, 0.3) is 5.91 Å². The second kappa shape index (κ2) is 6.58. The van der Waals surface area contributed by atoms with Crippen LogP contribution in [0.2, 0.25) is 0 Å². The van der Waals surface area contributed by atoms with Gasteiger partial charge in [0, 0.05) is 18.7 Å². The predicted octanol–water partition coefficient (Wildman–Crippen LogP) is 3.09. The van der Waals surface area contributed by atoms with Crippen LogP contribution in [0.1, 0.15) is 42.5 Å². The molecule has 7 nitrogen and oxygen atoms in total. The van der Waals surface area contributed by atoms with E-state index < -0.39 is 0 Å². The summed E-state index contributed by atoms with van der Waals surface area (Å²) in [5, 5.41) is 10.7. The average molecular weight is 339 g/mol. The molecule has 1 aliphatic rings. The van der Waals surface area contributed by atoms with Crippen LogP contribution in [0.25, 0.3) is 17.0 Å². The van der Waals surface area contributed by atoms with Crippen LogP contribution >= 0.6 is 0 Å². The van der Waals surface area contributed by atoms with Crippen LogP contribution in [0.3, 0.4) is 0 Å². The highest BCUT2D eigenvalue weighted by Crippen LogP contribution is 2.22. The summed E-state index contributed by atoms with van der Waals surface area (Å²) in [4.78, 5) is 17.2. The van der Waals surface area contributed by atoms with Crippen molar-refractivity contribution in [3.8, 4) is 11.4 Å². The highest BCUT2D eigenvalue weighted by Gasteiger charge is 2.19. The summed E-state index contributed by atoms with van der Waals surface area (Å²) in [6.45, 7) is 0. The van der Waals surface area contributed by atoms with Crippen LogP contribution in [0.5, 0.6) is 0 Å². The zero-order chi connectivity index (χ0) is 17.2. The molecule has 7 heteroatoms. The number of carbonyl (C=O) groups is 1. The van der Waals surface area contributed by atoms with E-state index in [0.29, 0.717) is 22.9 Å². The van der Waals surface area contributed by atoms with Gasteiger partial charge >= 0.3 is 0 Å². The maximum atomic E-state index is 12.6. The molecule has 0 bridgehead atoms. The molecule has 0 atom stereocenters. The highest BCUT2D eigenvalue weighted by atomic mass is 16.3. The summed E-state index contributed by atoms with van der Waals surface area (Å²) in [7, 11) is 1.80. The van der Waals surface area contributed by atoms with Gasteiger partial charge < -0.3 is 15.1 Å². The third-order valence-corrected chi connectivity index (χ3v) is 4.68. The molecule has 1 saturated carbocycles. The van der Waals surface area contributed by atoms with E-state index in [1.165, 1.54) is 19.3 Å². The Bertz CT molecular complexity index is 878. The summed E-state index contributed by atoms with van der Waals surface area (Å²) in [6.07, 6.45) is 8.94. The molecule has 0 spiro atoms. The standard InChI is InChI=1S/C18H21N5O2/c1-19-15-9-13(18(24)20-14-5-3-2-4-6-14)10-16-21-17(22-23(15)16)12-7-8-25-11-12/h7-11,14,19H,2-6H2,1H3,(H,20,24). The van der Waals surface area contributed by atoms with Crippen LogP contribution < -0.4 is 10.6 Å². The zero-order valence-electron chi connectivity index (χ0n) is 14.2. The van der Waals surface area contributed by atoms with E-state index in [-0.39, 0.29) is 11.9 Å². The Kier molecular flexibility index (Phi) is 4.13. The first-order valence-electron chi connectivity index (χ1n) is 8.66. The number of fused-ring (bicyclic) bond motifs is 1. The van der Waals surface area contributed by atoms with Crippen molar-refractivity contribution in [2.45, 2.75) is 38.1 Å². The number of pyridine rings is 1. The fourth-order valence-corrected chi connectivity index (χ4v) is 3.32. The number of anilines is 1. The molecular formula is C18H21N5O2. The van der Waals surface area contributed by atoms with Crippen molar-refractivity contribution in [2.75, 3.05) is 12.4 Å². The van der Waals surface area contributed by atoms with Crippen molar-refractivity contribution in [2.24, 2.45) is 0 Å². The van der Waals surface area contributed by atoms with Crippen LogP contribution in [-0.4, -0.2) is 33.6 Å². The number of furan rings is 1. The Hall–Kier alpha value is -2.83. The Balaban J connectivity index is 1.66. The van der Waals surface area contributed by atoms with Crippen molar-refractivity contribution >= 4 is 17.4 Å². The Labute approximate surface area is 145 Å². The molecule has 4 rings (SSSR count). The van der Waals surface area contributed by atoms with E-state index >= 15 is 0 Å². The predicted molar refractivity (Wildman–Crippen MR) is 94.6 cm³/mol. The van der Waals surface area contributed by atoms with E-state index in [4.69, 9.17) is 4.42 Å². The van der Waals surface area contributed by atoms with Gasteiger partial charge in [0.2, 0.25) is 0 Å². The van der Waals surface area contributed by atoms with E-state index in [2.05, 4.69) is 20.7 Å². The number of amides is 1. The van der Waals surface area contributed by atoms with Gasteiger partial charge in [0.1, 0.15) is 12.1 Å². The molecule has 25 heavy (non-hydrogen) atoms. The number of aromatic nitrogens is 3. The molecule has 1 aliphatic carbocycles. The van der Waals surface area contributed by atoms with E-state index in [1.54, 1.807) is 36.2 Å². The number of nitrogens with zero attached hydrogens (tertiary/aromatic N) is 3. The minimum absolute atomic E-state index is 0.0567. The quantitative estimate of drug-likeness (QED) is 0.763. The molecule has 3 aromatic rings. The van der Waals surface area contributed by atoms with Gasteiger partial charge in [-0.15, -0.1) is 5.10 Å². The molecule has 1 fully saturated rings. The van der Waals surface area contributed by atoms with E-state index in [9.17, 15) is 4.79 Å². The summed E-state index contributed by atoms with van der Waals surface area (Å²) >= 11 is 0. The van der Waals surface area contributed by atoms with Crippen LogP contribution in [0, 0.1) is 0 Å². The largest absolute Gasteiger partial charge is 0.472 e. The Morgan fingerprint density at radius 2 is 2.12 bits per heavy atom. The number of carbonyl (C=O) groups excluding carboxylic acids is 1. The van der Waals surface area contributed by atoms with Gasteiger partial charge in [-0.25, -0.2) is 4.98 Å². The summed E-state index contributed by atoms with van der Waals surface area (Å²) in [5.41, 5.74) is 2.02. The summed E-state index contributed by atoms with van der Waals surface area (Å²) in [5.74, 6) is 1.22. The smallest absolute Gasteiger partial charge is 0.251 e. The lowest BCUT2D eigenvalue weighted by atomic mass is 9.95. The molecular weight excluding hydrogens is 318 g/mol. The fraction of sp³-hybridized carbons (Fsp3) is 0.389. The summed E-state index contributed by atoms with van der Waals surface area (Å²) in [6, 6.07) is 5.66. The van der Waals surface area contributed by atoms with E-state index in [0.717, 1.165) is 18.4 Å². The third kappa shape index (κ3) is 3.09. The normalized spacial score (nSPS) is 15.4. The number of rotatable bonds is 4. The van der Waals surface area contributed by atoms with Crippen molar-refractivity contribution < 1.29 is 9.21 Å². The van der Waals surface area contributed by atoms with Crippen molar-refractivity contribution in [3.63, 3.8) is 0 Å². The number of hydrogen-bond donors (Lipinski definition) is 2. The lowest BCUT2D eigenvalue weighted by Gasteiger charge is -2.22. The van der Waals surface area contributed by atoms with Gasteiger partial charge in [-0.3, -0.25) is 4.79 Å². The second-order valence-corrected chi connectivity index (χ2v) is 6.41. The minimum atomic E-state index is -0.0567. The number of hydrogen-bond acceptors (Lipinski definition) is 5. The average Bonchev–Trinajstić information content (AvgIpc) is 3.30. The number of nitrogens with one attached hydrogen (secondary N) is 2. The minimum Gasteiger partial charge on any atom is -0.472 e. The third-order valence-electron chi connectivity index (χ3n) is 4.68. The summed E-state index contributed by atoms with van der Waals surface area (Å²) < 4.78 is 6.79. The van der Waals surface area contributed by atoms with Gasteiger partial charge in [0.15, 0.2) is 11.5 Å². The molecule has 0 saturated heterocycles. The molecule has 1 amide bonds. The zero-order valence-corrected chi connectivity index (χ0v) is 14.2. The SMILES string of the molecule is CNc1cc(C(=O)NC2CCCCC2)cc2nc(-c3ccoc3)nn12. The first kappa shape index (κ1) is 15.7. The van der Waals surface area contributed by atoms with Crippen molar-refractivity contribution in [1.29, 1.82) is 0 Å². The van der Waals surface area contributed by atoms with Crippen LogP contribution in [0.15, 0.2) is 35.1 Å². The lowest BCUT2D eigenvalue weighted by molar-refractivity contribution is 0.0927. The molecule has 3 aromatic heterocycles. The van der Waals surface area contributed by atoms with Gasteiger partial charge in [-0.2, -0.15) is 4.52 Å². The molecule has 0 radical (unpaired) electrons. The first-order chi connectivity index (χ1) is 12.2. The van der Waals surface area contributed by atoms with Gasteiger partial charge in [0.05, 0.1) is 11.8 Å². The van der Waals surface area contributed by atoms with Crippen LogP contribution in [-0.2, 0) is 0 Å². The highest BCUT2D eigenvalue weighted by molar-refractivity contribution is 5.96. The molecule has 0 aromatic carbocycles. The Morgan fingerprint density at radius 3 is 2.84 bits per heavy atom. The van der Waals surface area contributed by atoms with Gasteiger partial charge in [-0.1, -0.05) is 19.3 Å².